The lowest BCUT2D eigenvalue weighted by Crippen LogP contribution is -2.59. The quantitative estimate of drug-likeness (QED) is 0.829. The lowest BCUT2D eigenvalue weighted by atomic mass is 9.97. The van der Waals surface area contributed by atoms with E-state index in [0.29, 0.717) is 0 Å². The molecular weight excluding hydrogens is 224 g/mol. The van der Waals surface area contributed by atoms with Crippen molar-refractivity contribution in [3.05, 3.63) is 60.2 Å². The molecule has 0 radical (unpaired) electrons. The average molecular weight is 240 g/mol. The first-order valence-corrected chi connectivity index (χ1v) is 6.25. The Labute approximate surface area is 106 Å². The fourth-order valence-electron chi connectivity index (χ4n) is 2.37. The number of pyridine rings is 2. The first-order valence-electron chi connectivity index (χ1n) is 6.25. The highest BCUT2D eigenvalue weighted by molar-refractivity contribution is 5.29. The summed E-state index contributed by atoms with van der Waals surface area (Å²) >= 11 is 0. The highest BCUT2D eigenvalue weighted by atomic mass is 15.2. The van der Waals surface area contributed by atoms with Crippen molar-refractivity contribution in [3.63, 3.8) is 0 Å². The second-order valence-corrected chi connectivity index (χ2v) is 4.39. The molecule has 0 bridgehead atoms. The van der Waals surface area contributed by atoms with Crippen molar-refractivity contribution in [2.45, 2.75) is 12.1 Å². The van der Waals surface area contributed by atoms with Crippen LogP contribution in [0.25, 0.3) is 0 Å². The summed E-state index contributed by atoms with van der Waals surface area (Å²) in [5.41, 5.74) is 1.47. The fourth-order valence-corrected chi connectivity index (χ4v) is 2.37. The second-order valence-electron chi connectivity index (χ2n) is 4.39. The SMILES string of the molecule is c1ccc(C2(c3ccccn3)NCCCN2)nc1. The van der Waals surface area contributed by atoms with Crippen LogP contribution in [0, 0.1) is 0 Å². The van der Waals surface area contributed by atoms with Gasteiger partial charge in [0.2, 0.25) is 0 Å². The van der Waals surface area contributed by atoms with Gasteiger partial charge < -0.3 is 0 Å². The van der Waals surface area contributed by atoms with Gasteiger partial charge in [-0.1, -0.05) is 12.1 Å². The van der Waals surface area contributed by atoms with Crippen LogP contribution in [0.4, 0.5) is 0 Å². The molecule has 0 atom stereocenters. The minimum absolute atomic E-state index is 0.458. The molecule has 1 fully saturated rings. The average Bonchev–Trinajstić information content (AvgIpc) is 2.50. The number of nitrogens with zero attached hydrogens (tertiary/aromatic N) is 2. The van der Waals surface area contributed by atoms with Crippen molar-refractivity contribution in [2.24, 2.45) is 0 Å². The molecule has 2 aromatic rings. The largest absolute Gasteiger partial charge is 0.289 e. The van der Waals surface area contributed by atoms with E-state index in [2.05, 4.69) is 20.6 Å². The Morgan fingerprint density at radius 3 is 1.83 bits per heavy atom. The molecule has 1 aliphatic rings. The topological polar surface area (TPSA) is 49.8 Å². The summed E-state index contributed by atoms with van der Waals surface area (Å²) in [5.74, 6) is 0. The van der Waals surface area contributed by atoms with Gasteiger partial charge in [-0.05, 0) is 43.8 Å². The molecule has 92 valence electrons. The molecule has 0 aromatic carbocycles. The Balaban J connectivity index is 2.10. The molecule has 0 unspecified atom stereocenters. The van der Waals surface area contributed by atoms with Gasteiger partial charge in [0.15, 0.2) is 5.66 Å². The number of rotatable bonds is 2. The molecule has 0 amide bonds. The van der Waals surface area contributed by atoms with Gasteiger partial charge in [0, 0.05) is 12.4 Å². The molecule has 4 heteroatoms. The minimum Gasteiger partial charge on any atom is -0.289 e. The van der Waals surface area contributed by atoms with E-state index in [0.717, 1.165) is 30.9 Å². The summed E-state index contributed by atoms with van der Waals surface area (Å²) in [5, 5.41) is 7.06. The fraction of sp³-hybridized carbons (Fsp3) is 0.286. The Bertz CT molecular complexity index is 450. The number of aromatic nitrogens is 2. The van der Waals surface area contributed by atoms with Crippen LogP contribution in [0.5, 0.6) is 0 Å². The Kier molecular flexibility index (Phi) is 3.04. The summed E-state index contributed by atoms with van der Waals surface area (Å²) < 4.78 is 0. The summed E-state index contributed by atoms with van der Waals surface area (Å²) in [6, 6.07) is 11.9. The van der Waals surface area contributed by atoms with Gasteiger partial charge in [0.25, 0.3) is 0 Å². The predicted octanol–water partition coefficient (Wildman–Crippen LogP) is 1.26. The summed E-state index contributed by atoms with van der Waals surface area (Å²) in [6.45, 7) is 1.92. The first-order chi connectivity index (χ1) is 8.92. The monoisotopic (exact) mass is 240 g/mol. The molecule has 2 aromatic heterocycles. The van der Waals surface area contributed by atoms with Gasteiger partial charge >= 0.3 is 0 Å². The molecule has 3 heterocycles. The van der Waals surface area contributed by atoms with Crippen molar-refractivity contribution in [1.29, 1.82) is 0 Å². The van der Waals surface area contributed by atoms with E-state index in [9.17, 15) is 0 Å². The molecule has 3 rings (SSSR count). The van der Waals surface area contributed by atoms with Gasteiger partial charge in [-0.3, -0.25) is 20.6 Å². The van der Waals surface area contributed by atoms with Gasteiger partial charge in [0.05, 0.1) is 11.4 Å². The third-order valence-electron chi connectivity index (χ3n) is 3.23. The zero-order valence-corrected chi connectivity index (χ0v) is 10.1. The van der Waals surface area contributed by atoms with Crippen molar-refractivity contribution in [2.75, 3.05) is 13.1 Å². The number of nitrogens with one attached hydrogen (secondary N) is 2. The Morgan fingerprint density at radius 1 is 0.833 bits per heavy atom. The summed E-state index contributed by atoms with van der Waals surface area (Å²) in [6.07, 6.45) is 4.75. The number of hydrogen-bond donors (Lipinski definition) is 2. The van der Waals surface area contributed by atoms with E-state index in [1.54, 1.807) is 0 Å². The van der Waals surface area contributed by atoms with E-state index in [1.165, 1.54) is 0 Å². The first kappa shape index (κ1) is 11.3. The maximum Gasteiger partial charge on any atom is 0.156 e. The highest BCUT2D eigenvalue weighted by Gasteiger charge is 2.37. The van der Waals surface area contributed by atoms with Crippen molar-refractivity contribution >= 4 is 0 Å². The van der Waals surface area contributed by atoms with Gasteiger partial charge in [-0.2, -0.15) is 0 Å². The molecule has 0 aliphatic carbocycles. The van der Waals surface area contributed by atoms with Crippen molar-refractivity contribution in [3.8, 4) is 0 Å². The third kappa shape index (κ3) is 1.89. The standard InChI is InChI=1S/C14H16N4/c1-3-8-15-12(6-1)14(17-10-5-11-18-14)13-7-2-4-9-16-13/h1-4,6-9,17-18H,5,10-11H2. The van der Waals surface area contributed by atoms with E-state index < -0.39 is 5.66 Å². The van der Waals surface area contributed by atoms with Crippen molar-refractivity contribution in [1.82, 2.24) is 20.6 Å². The molecule has 0 saturated carbocycles. The van der Waals surface area contributed by atoms with Crippen LogP contribution < -0.4 is 10.6 Å². The van der Waals surface area contributed by atoms with E-state index in [4.69, 9.17) is 0 Å². The van der Waals surface area contributed by atoms with Crippen LogP contribution in [0.15, 0.2) is 48.8 Å². The molecule has 4 nitrogen and oxygen atoms in total. The van der Waals surface area contributed by atoms with Crippen LogP contribution >= 0.6 is 0 Å². The van der Waals surface area contributed by atoms with Gasteiger partial charge in [-0.25, -0.2) is 0 Å². The van der Waals surface area contributed by atoms with Gasteiger partial charge in [-0.15, -0.1) is 0 Å². The zero-order valence-electron chi connectivity index (χ0n) is 10.1. The second kappa shape index (κ2) is 4.84. The Morgan fingerprint density at radius 2 is 1.39 bits per heavy atom. The lowest BCUT2D eigenvalue weighted by molar-refractivity contribution is 0.262. The maximum absolute atomic E-state index is 4.49. The lowest BCUT2D eigenvalue weighted by Gasteiger charge is -2.38. The summed E-state index contributed by atoms with van der Waals surface area (Å²) in [7, 11) is 0. The number of hydrogen-bond acceptors (Lipinski definition) is 4. The minimum atomic E-state index is -0.458. The normalized spacial score (nSPS) is 18.4. The molecule has 18 heavy (non-hydrogen) atoms. The highest BCUT2D eigenvalue weighted by Crippen LogP contribution is 2.25. The van der Waals surface area contributed by atoms with Crippen LogP contribution in [-0.2, 0) is 5.66 Å². The molecule has 1 saturated heterocycles. The third-order valence-corrected chi connectivity index (χ3v) is 3.23. The Hall–Kier alpha value is -1.78. The molecular formula is C14H16N4. The van der Waals surface area contributed by atoms with Crippen LogP contribution in [0.1, 0.15) is 17.8 Å². The molecule has 1 aliphatic heterocycles. The van der Waals surface area contributed by atoms with Gasteiger partial charge in [0.1, 0.15) is 0 Å². The van der Waals surface area contributed by atoms with Crippen LogP contribution in [0.2, 0.25) is 0 Å². The predicted molar refractivity (Wildman–Crippen MR) is 69.9 cm³/mol. The smallest absolute Gasteiger partial charge is 0.156 e. The van der Waals surface area contributed by atoms with E-state index in [1.807, 2.05) is 48.8 Å². The van der Waals surface area contributed by atoms with E-state index >= 15 is 0 Å². The van der Waals surface area contributed by atoms with Crippen molar-refractivity contribution < 1.29 is 0 Å². The molecule has 0 spiro atoms. The zero-order chi connectivity index (χ0) is 12.3. The van der Waals surface area contributed by atoms with Crippen LogP contribution in [0.3, 0.4) is 0 Å². The van der Waals surface area contributed by atoms with E-state index in [-0.39, 0.29) is 0 Å². The molecule has 2 N–H and O–H groups in total. The maximum atomic E-state index is 4.49. The summed E-state index contributed by atoms with van der Waals surface area (Å²) in [4.78, 5) is 8.97. The van der Waals surface area contributed by atoms with Crippen LogP contribution in [-0.4, -0.2) is 23.1 Å².